The van der Waals surface area contributed by atoms with Gasteiger partial charge in [0.2, 0.25) is 11.8 Å². The van der Waals surface area contributed by atoms with Crippen LogP contribution in [0.15, 0.2) is 84.9 Å². The van der Waals surface area contributed by atoms with Crippen molar-refractivity contribution in [2.24, 2.45) is 0 Å². The van der Waals surface area contributed by atoms with Gasteiger partial charge in [0.15, 0.2) is 0 Å². The van der Waals surface area contributed by atoms with E-state index in [0.717, 1.165) is 11.3 Å². The molecule has 142 valence electrons. The second kappa shape index (κ2) is 9.92. The first-order valence-electron chi connectivity index (χ1n) is 9.12. The summed E-state index contributed by atoms with van der Waals surface area (Å²) < 4.78 is 5.71. The number of benzene rings is 3. The van der Waals surface area contributed by atoms with Crippen molar-refractivity contribution in [3.63, 3.8) is 0 Å². The second-order valence-electron chi connectivity index (χ2n) is 6.25. The molecule has 0 fully saturated rings. The fourth-order valence-corrected chi connectivity index (χ4v) is 2.61. The van der Waals surface area contributed by atoms with E-state index in [-0.39, 0.29) is 18.4 Å². The summed E-state index contributed by atoms with van der Waals surface area (Å²) in [6.45, 7) is -0.0596. The first-order chi connectivity index (χ1) is 13.7. The van der Waals surface area contributed by atoms with E-state index >= 15 is 0 Å². The van der Waals surface area contributed by atoms with E-state index in [9.17, 15) is 9.59 Å². The number of hydrogen-bond donors (Lipinski definition) is 2. The lowest BCUT2D eigenvalue weighted by Gasteiger charge is -2.09. The number of hydrogen-bond acceptors (Lipinski definition) is 3. The van der Waals surface area contributed by atoms with E-state index in [4.69, 9.17) is 4.74 Å². The van der Waals surface area contributed by atoms with Crippen LogP contribution >= 0.6 is 0 Å². The summed E-state index contributed by atoms with van der Waals surface area (Å²) in [5.74, 6) is 1.01. The molecule has 0 aromatic heterocycles. The van der Waals surface area contributed by atoms with Gasteiger partial charge >= 0.3 is 0 Å². The second-order valence-corrected chi connectivity index (χ2v) is 6.25. The average molecular weight is 374 g/mol. The molecule has 0 spiro atoms. The van der Waals surface area contributed by atoms with E-state index in [0.29, 0.717) is 24.3 Å². The van der Waals surface area contributed by atoms with Crippen LogP contribution in [0.3, 0.4) is 0 Å². The number of nitrogens with one attached hydrogen (secondary N) is 2. The van der Waals surface area contributed by atoms with Gasteiger partial charge in [-0.25, -0.2) is 0 Å². The lowest BCUT2D eigenvalue weighted by Crippen LogP contribution is -2.32. The first kappa shape index (κ1) is 19.2. The molecular formula is C23H22N2O3. The molecule has 2 amide bonds. The molecular weight excluding hydrogens is 352 g/mol. The Balaban J connectivity index is 1.40. The highest BCUT2D eigenvalue weighted by molar-refractivity contribution is 5.94. The van der Waals surface area contributed by atoms with Crippen molar-refractivity contribution in [3.05, 3.63) is 90.5 Å². The zero-order valence-electron chi connectivity index (χ0n) is 15.4. The molecule has 0 aliphatic carbocycles. The van der Waals surface area contributed by atoms with Crippen molar-refractivity contribution in [2.45, 2.75) is 12.8 Å². The predicted octanol–water partition coefficient (Wildman–Crippen LogP) is 4.17. The summed E-state index contributed by atoms with van der Waals surface area (Å²) >= 11 is 0. The molecule has 28 heavy (non-hydrogen) atoms. The highest BCUT2D eigenvalue weighted by atomic mass is 16.5. The normalized spacial score (nSPS) is 10.1. The lowest BCUT2D eigenvalue weighted by molar-refractivity contribution is -0.124. The summed E-state index contributed by atoms with van der Waals surface area (Å²) in [6, 6.07) is 26.3. The fraction of sp³-hybridized carbons (Fsp3) is 0.130. The molecule has 0 heterocycles. The van der Waals surface area contributed by atoms with Gasteiger partial charge in [-0.2, -0.15) is 0 Å². The molecule has 0 unspecified atom stereocenters. The molecule has 3 aromatic rings. The van der Waals surface area contributed by atoms with Gasteiger partial charge in [0.1, 0.15) is 11.5 Å². The number of rotatable bonds is 8. The average Bonchev–Trinajstić information content (AvgIpc) is 2.74. The SMILES string of the molecule is O=C(CCc1ccccc1)NCC(=O)Nc1ccc(Oc2ccccc2)cc1. The van der Waals surface area contributed by atoms with Crippen LogP contribution in [0.5, 0.6) is 11.5 Å². The molecule has 5 nitrogen and oxygen atoms in total. The highest BCUT2D eigenvalue weighted by Gasteiger charge is 2.07. The van der Waals surface area contributed by atoms with E-state index in [1.165, 1.54) is 0 Å². The largest absolute Gasteiger partial charge is 0.457 e. The molecule has 2 N–H and O–H groups in total. The number of aryl methyl sites for hydroxylation is 1. The molecule has 0 aliphatic rings. The number of carbonyl (C=O) groups excluding carboxylic acids is 2. The predicted molar refractivity (Wildman–Crippen MR) is 109 cm³/mol. The van der Waals surface area contributed by atoms with E-state index in [2.05, 4.69) is 10.6 Å². The number of para-hydroxylation sites is 1. The monoisotopic (exact) mass is 374 g/mol. The maximum Gasteiger partial charge on any atom is 0.243 e. The van der Waals surface area contributed by atoms with Crippen LogP contribution in [0.4, 0.5) is 5.69 Å². The Kier molecular flexibility index (Phi) is 6.79. The van der Waals surface area contributed by atoms with Gasteiger partial charge in [-0.05, 0) is 48.4 Å². The van der Waals surface area contributed by atoms with Crippen molar-refractivity contribution in [3.8, 4) is 11.5 Å². The molecule has 0 saturated carbocycles. The van der Waals surface area contributed by atoms with Gasteiger partial charge in [-0.15, -0.1) is 0 Å². The highest BCUT2D eigenvalue weighted by Crippen LogP contribution is 2.22. The van der Waals surface area contributed by atoms with Crippen LogP contribution < -0.4 is 15.4 Å². The number of anilines is 1. The van der Waals surface area contributed by atoms with E-state index in [1.54, 1.807) is 24.3 Å². The molecule has 0 atom stereocenters. The van der Waals surface area contributed by atoms with E-state index < -0.39 is 0 Å². The maximum absolute atomic E-state index is 12.0. The molecule has 0 aliphatic heterocycles. The van der Waals surface area contributed by atoms with E-state index in [1.807, 2.05) is 60.7 Å². The molecule has 0 saturated heterocycles. The number of amides is 2. The van der Waals surface area contributed by atoms with Crippen LogP contribution in [0.2, 0.25) is 0 Å². The summed E-state index contributed by atoms with van der Waals surface area (Å²) in [7, 11) is 0. The van der Waals surface area contributed by atoms with Crippen LogP contribution in [0.1, 0.15) is 12.0 Å². The van der Waals surface area contributed by atoms with Crippen LogP contribution in [-0.4, -0.2) is 18.4 Å². The Labute approximate surface area is 164 Å². The number of ether oxygens (including phenoxy) is 1. The van der Waals surface area contributed by atoms with Crippen molar-refractivity contribution >= 4 is 17.5 Å². The number of carbonyl (C=O) groups is 2. The summed E-state index contributed by atoms with van der Waals surface area (Å²) in [6.07, 6.45) is 1.000. The van der Waals surface area contributed by atoms with Gasteiger partial charge < -0.3 is 15.4 Å². The smallest absolute Gasteiger partial charge is 0.243 e. The lowest BCUT2D eigenvalue weighted by atomic mass is 10.1. The zero-order valence-corrected chi connectivity index (χ0v) is 15.4. The third-order valence-corrected chi connectivity index (χ3v) is 4.05. The third kappa shape index (κ3) is 6.29. The van der Waals surface area contributed by atoms with Crippen LogP contribution in [0, 0.1) is 0 Å². The first-order valence-corrected chi connectivity index (χ1v) is 9.12. The topological polar surface area (TPSA) is 67.4 Å². The minimum Gasteiger partial charge on any atom is -0.457 e. The summed E-state index contributed by atoms with van der Waals surface area (Å²) in [5, 5.41) is 5.39. The van der Waals surface area contributed by atoms with Crippen LogP contribution in [-0.2, 0) is 16.0 Å². The van der Waals surface area contributed by atoms with Crippen molar-refractivity contribution in [1.82, 2.24) is 5.32 Å². The molecule has 0 radical (unpaired) electrons. The van der Waals surface area contributed by atoms with Gasteiger partial charge in [-0.1, -0.05) is 48.5 Å². The standard InChI is InChI=1S/C23H22N2O3/c26-22(16-11-18-7-3-1-4-8-18)24-17-23(27)25-19-12-14-21(15-13-19)28-20-9-5-2-6-10-20/h1-10,12-15H,11,16-17H2,(H,24,26)(H,25,27). The Bertz CT molecular complexity index is 894. The fourth-order valence-electron chi connectivity index (χ4n) is 2.61. The van der Waals surface area contributed by atoms with Crippen molar-refractivity contribution in [2.75, 3.05) is 11.9 Å². The Morgan fingerprint density at radius 1 is 0.714 bits per heavy atom. The molecule has 3 aromatic carbocycles. The van der Waals surface area contributed by atoms with Gasteiger partial charge in [0.05, 0.1) is 6.54 Å². The van der Waals surface area contributed by atoms with Gasteiger partial charge in [0, 0.05) is 12.1 Å². The maximum atomic E-state index is 12.0. The van der Waals surface area contributed by atoms with Crippen molar-refractivity contribution < 1.29 is 14.3 Å². The molecule has 0 bridgehead atoms. The van der Waals surface area contributed by atoms with Gasteiger partial charge in [-0.3, -0.25) is 9.59 Å². The summed E-state index contributed by atoms with van der Waals surface area (Å²) in [4.78, 5) is 23.9. The minimum atomic E-state index is -0.273. The van der Waals surface area contributed by atoms with Crippen LogP contribution in [0.25, 0.3) is 0 Å². The third-order valence-electron chi connectivity index (χ3n) is 4.05. The minimum absolute atomic E-state index is 0.0596. The quantitative estimate of drug-likeness (QED) is 0.622. The molecule has 3 rings (SSSR count). The molecule has 5 heteroatoms. The summed E-state index contributed by atoms with van der Waals surface area (Å²) in [5.41, 5.74) is 1.74. The van der Waals surface area contributed by atoms with Crippen molar-refractivity contribution in [1.29, 1.82) is 0 Å². The van der Waals surface area contributed by atoms with Gasteiger partial charge in [0.25, 0.3) is 0 Å². The Morgan fingerprint density at radius 2 is 1.32 bits per heavy atom. The Morgan fingerprint density at radius 3 is 2.00 bits per heavy atom. The Hall–Kier alpha value is -3.60. The zero-order chi connectivity index (χ0) is 19.6.